The molecule has 0 saturated carbocycles. The molecule has 2 rings (SSSR count). The maximum absolute atomic E-state index is 11.2. The summed E-state index contributed by atoms with van der Waals surface area (Å²) in [5.74, 6) is 0.117. The molecule has 5 heteroatoms. The van der Waals surface area contributed by atoms with Gasteiger partial charge in [-0.15, -0.1) is 0 Å². The van der Waals surface area contributed by atoms with Gasteiger partial charge >= 0.3 is 5.97 Å². The number of carbonyl (C=O) groups is 1. The van der Waals surface area contributed by atoms with Crippen molar-refractivity contribution in [3.8, 4) is 5.75 Å². The van der Waals surface area contributed by atoms with Gasteiger partial charge in [-0.2, -0.15) is 0 Å². The van der Waals surface area contributed by atoms with Gasteiger partial charge in [-0.1, -0.05) is 0 Å². The molecule has 1 aromatic heterocycles. The van der Waals surface area contributed by atoms with Crippen molar-refractivity contribution in [1.29, 1.82) is 0 Å². The first kappa shape index (κ1) is 12.2. The molecule has 0 unspecified atom stereocenters. The third-order valence-electron chi connectivity index (χ3n) is 2.42. The predicted molar refractivity (Wildman–Crippen MR) is 68.3 cm³/mol. The summed E-state index contributed by atoms with van der Waals surface area (Å²) in [6.07, 6.45) is 1.65. The Balaban J connectivity index is 2.24. The standard InChI is InChI=1S/C13H14N2O3/c1-2-17-12(16)8-18-11-6-5-10(14)9-4-3-7-15-13(9)11/h3-7H,2,8,14H2,1H3. The van der Waals surface area contributed by atoms with Crippen LogP contribution in [0.25, 0.3) is 10.9 Å². The number of hydrogen-bond acceptors (Lipinski definition) is 5. The van der Waals surface area contributed by atoms with E-state index in [-0.39, 0.29) is 6.61 Å². The molecule has 2 N–H and O–H groups in total. The lowest BCUT2D eigenvalue weighted by atomic mass is 10.2. The van der Waals surface area contributed by atoms with Gasteiger partial charge in [0.25, 0.3) is 0 Å². The van der Waals surface area contributed by atoms with E-state index >= 15 is 0 Å². The van der Waals surface area contributed by atoms with Crippen molar-refractivity contribution in [2.75, 3.05) is 18.9 Å². The van der Waals surface area contributed by atoms with Crippen LogP contribution in [-0.2, 0) is 9.53 Å². The maximum Gasteiger partial charge on any atom is 0.344 e. The Morgan fingerprint density at radius 2 is 2.22 bits per heavy atom. The zero-order valence-electron chi connectivity index (χ0n) is 10.1. The summed E-state index contributed by atoms with van der Waals surface area (Å²) in [5, 5.41) is 0.804. The highest BCUT2D eigenvalue weighted by Crippen LogP contribution is 2.27. The number of aromatic nitrogens is 1. The van der Waals surface area contributed by atoms with Gasteiger partial charge in [0.05, 0.1) is 6.61 Å². The number of hydrogen-bond donors (Lipinski definition) is 1. The fourth-order valence-corrected chi connectivity index (χ4v) is 1.62. The van der Waals surface area contributed by atoms with E-state index in [1.165, 1.54) is 0 Å². The summed E-state index contributed by atoms with van der Waals surface area (Å²) in [7, 11) is 0. The van der Waals surface area contributed by atoms with Gasteiger partial charge < -0.3 is 15.2 Å². The van der Waals surface area contributed by atoms with Crippen LogP contribution in [0.5, 0.6) is 5.75 Å². The van der Waals surface area contributed by atoms with Crippen LogP contribution in [-0.4, -0.2) is 24.2 Å². The van der Waals surface area contributed by atoms with Gasteiger partial charge in [-0.3, -0.25) is 4.98 Å². The van der Waals surface area contributed by atoms with Crippen LogP contribution in [0, 0.1) is 0 Å². The van der Waals surface area contributed by atoms with Crippen LogP contribution in [0.2, 0.25) is 0 Å². The summed E-state index contributed by atoms with van der Waals surface area (Å²) in [4.78, 5) is 15.4. The van der Waals surface area contributed by atoms with Crippen molar-refractivity contribution >= 4 is 22.6 Å². The van der Waals surface area contributed by atoms with Crippen LogP contribution < -0.4 is 10.5 Å². The number of esters is 1. The quantitative estimate of drug-likeness (QED) is 0.657. The average molecular weight is 246 g/mol. The third-order valence-corrected chi connectivity index (χ3v) is 2.42. The first-order valence-electron chi connectivity index (χ1n) is 5.64. The SMILES string of the molecule is CCOC(=O)COc1ccc(N)c2cccnc12. The van der Waals surface area contributed by atoms with Crippen LogP contribution >= 0.6 is 0 Å². The number of benzene rings is 1. The second kappa shape index (κ2) is 5.35. The van der Waals surface area contributed by atoms with Crippen LogP contribution in [0.4, 0.5) is 5.69 Å². The number of nitrogen functional groups attached to an aromatic ring is 1. The molecule has 0 radical (unpaired) electrons. The van der Waals surface area contributed by atoms with Crippen LogP contribution in [0.1, 0.15) is 6.92 Å². The maximum atomic E-state index is 11.2. The Bertz CT molecular complexity index is 569. The first-order valence-corrected chi connectivity index (χ1v) is 5.64. The molecule has 0 aliphatic heterocycles. The monoisotopic (exact) mass is 246 g/mol. The van der Waals surface area contributed by atoms with Gasteiger partial charge in [0.15, 0.2) is 6.61 Å². The molecule has 2 aromatic rings. The lowest BCUT2D eigenvalue weighted by Crippen LogP contribution is -2.14. The number of nitrogens with zero attached hydrogens (tertiary/aromatic N) is 1. The van der Waals surface area contributed by atoms with E-state index in [0.717, 1.165) is 5.39 Å². The highest BCUT2D eigenvalue weighted by Gasteiger charge is 2.08. The molecule has 94 valence electrons. The molecule has 0 fully saturated rings. The molecule has 0 bridgehead atoms. The largest absolute Gasteiger partial charge is 0.480 e. The second-order valence-electron chi connectivity index (χ2n) is 3.65. The second-order valence-corrected chi connectivity index (χ2v) is 3.65. The van der Waals surface area contributed by atoms with Gasteiger partial charge in [-0.05, 0) is 31.2 Å². The fourth-order valence-electron chi connectivity index (χ4n) is 1.62. The molecule has 1 heterocycles. The Hall–Kier alpha value is -2.30. The van der Waals surface area contributed by atoms with E-state index < -0.39 is 5.97 Å². The molecule has 0 spiro atoms. The molecule has 18 heavy (non-hydrogen) atoms. The van der Waals surface area contributed by atoms with E-state index in [0.29, 0.717) is 23.6 Å². The lowest BCUT2D eigenvalue weighted by Gasteiger charge is -2.09. The van der Waals surface area contributed by atoms with Gasteiger partial charge in [0.2, 0.25) is 0 Å². The average Bonchev–Trinajstić information content (AvgIpc) is 2.39. The molecule has 0 amide bonds. The van der Waals surface area contributed by atoms with Gasteiger partial charge in [0.1, 0.15) is 11.3 Å². The molecule has 1 aromatic carbocycles. The van der Waals surface area contributed by atoms with Crippen molar-refractivity contribution in [3.05, 3.63) is 30.5 Å². The highest BCUT2D eigenvalue weighted by atomic mass is 16.6. The topological polar surface area (TPSA) is 74.4 Å². The molecule has 0 saturated heterocycles. The Morgan fingerprint density at radius 1 is 1.39 bits per heavy atom. The van der Waals surface area contributed by atoms with Gasteiger partial charge in [-0.25, -0.2) is 4.79 Å². The summed E-state index contributed by atoms with van der Waals surface area (Å²) < 4.78 is 10.2. The summed E-state index contributed by atoms with van der Waals surface area (Å²) in [6.45, 7) is 1.95. The summed E-state index contributed by atoms with van der Waals surface area (Å²) in [5.41, 5.74) is 7.11. The zero-order chi connectivity index (χ0) is 13.0. The molecule has 5 nitrogen and oxygen atoms in total. The molecular weight excluding hydrogens is 232 g/mol. The number of carbonyl (C=O) groups excluding carboxylic acids is 1. The van der Waals surface area contributed by atoms with E-state index in [2.05, 4.69) is 4.98 Å². The minimum absolute atomic E-state index is 0.135. The van der Waals surface area contributed by atoms with Crippen molar-refractivity contribution < 1.29 is 14.3 Å². The molecule has 0 aliphatic rings. The Kier molecular flexibility index (Phi) is 3.62. The summed E-state index contributed by atoms with van der Waals surface area (Å²) >= 11 is 0. The molecular formula is C13H14N2O3. The number of fused-ring (bicyclic) bond motifs is 1. The number of rotatable bonds is 4. The number of nitrogens with two attached hydrogens (primary N) is 1. The Morgan fingerprint density at radius 3 is 3.00 bits per heavy atom. The zero-order valence-corrected chi connectivity index (χ0v) is 10.1. The normalized spacial score (nSPS) is 10.3. The van der Waals surface area contributed by atoms with E-state index in [1.807, 2.05) is 6.07 Å². The molecule has 0 aliphatic carbocycles. The minimum Gasteiger partial charge on any atom is -0.480 e. The van der Waals surface area contributed by atoms with E-state index in [9.17, 15) is 4.79 Å². The predicted octanol–water partition coefficient (Wildman–Crippen LogP) is 1.76. The van der Waals surface area contributed by atoms with Gasteiger partial charge in [0, 0.05) is 17.3 Å². The lowest BCUT2D eigenvalue weighted by molar-refractivity contribution is -0.145. The van der Waals surface area contributed by atoms with Crippen molar-refractivity contribution in [2.24, 2.45) is 0 Å². The van der Waals surface area contributed by atoms with Crippen LogP contribution in [0.15, 0.2) is 30.5 Å². The number of pyridine rings is 1. The van der Waals surface area contributed by atoms with Crippen molar-refractivity contribution in [3.63, 3.8) is 0 Å². The molecule has 0 atom stereocenters. The van der Waals surface area contributed by atoms with Crippen molar-refractivity contribution in [1.82, 2.24) is 4.98 Å². The number of ether oxygens (including phenoxy) is 2. The third kappa shape index (κ3) is 2.51. The van der Waals surface area contributed by atoms with E-state index in [4.69, 9.17) is 15.2 Å². The Labute approximate surface area is 105 Å². The smallest absolute Gasteiger partial charge is 0.344 e. The van der Waals surface area contributed by atoms with E-state index in [1.54, 1.807) is 31.3 Å². The first-order chi connectivity index (χ1) is 8.72. The van der Waals surface area contributed by atoms with Crippen molar-refractivity contribution in [2.45, 2.75) is 6.92 Å². The highest BCUT2D eigenvalue weighted by molar-refractivity contribution is 5.94. The van der Waals surface area contributed by atoms with Crippen LogP contribution in [0.3, 0.4) is 0 Å². The fraction of sp³-hybridized carbons (Fsp3) is 0.231. The minimum atomic E-state index is -0.404. The summed E-state index contributed by atoms with van der Waals surface area (Å²) in [6, 6.07) is 7.08. The number of anilines is 1.